The summed E-state index contributed by atoms with van der Waals surface area (Å²) in [6.45, 7) is 4.54. The molecule has 2 nitrogen and oxygen atoms in total. The van der Waals surface area contributed by atoms with Crippen LogP contribution in [-0.4, -0.2) is 18.1 Å². The lowest BCUT2D eigenvalue weighted by Crippen LogP contribution is -2.37. The van der Waals surface area contributed by atoms with Crippen molar-refractivity contribution in [2.45, 2.75) is 19.8 Å². The summed E-state index contributed by atoms with van der Waals surface area (Å²) in [5, 5.41) is 0. The van der Waals surface area contributed by atoms with E-state index in [0.29, 0.717) is 0 Å². The third-order valence-corrected chi connectivity index (χ3v) is 2.40. The van der Waals surface area contributed by atoms with Crippen molar-refractivity contribution in [1.82, 2.24) is 4.98 Å². The molecule has 1 aromatic heterocycles. The van der Waals surface area contributed by atoms with Crippen LogP contribution >= 0.6 is 0 Å². The second-order valence-corrected chi connectivity index (χ2v) is 3.22. The molecule has 0 saturated carbocycles. The van der Waals surface area contributed by atoms with Crippen molar-refractivity contribution in [2.75, 3.05) is 18.0 Å². The number of rotatable bonds is 2. The Morgan fingerprint density at radius 2 is 2.33 bits per heavy atom. The van der Waals surface area contributed by atoms with E-state index in [1.54, 1.807) is 0 Å². The van der Waals surface area contributed by atoms with Gasteiger partial charge in [-0.25, -0.2) is 4.98 Å². The molecule has 2 rings (SSSR count). The molecule has 0 unspecified atom stereocenters. The zero-order valence-corrected chi connectivity index (χ0v) is 7.45. The van der Waals surface area contributed by atoms with Crippen LogP contribution in [0.15, 0.2) is 18.3 Å². The number of aromatic nitrogens is 1. The van der Waals surface area contributed by atoms with Crippen LogP contribution in [0, 0.1) is 0 Å². The van der Waals surface area contributed by atoms with Crippen LogP contribution < -0.4 is 4.90 Å². The SMILES string of the molecule is CCc1ccnc(N2CCC2)c1. The third kappa shape index (κ3) is 1.29. The van der Waals surface area contributed by atoms with Crippen LogP contribution in [0.1, 0.15) is 18.9 Å². The highest BCUT2D eigenvalue weighted by molar-refractivity contribution is 5.42. The highest BCUT2D eigenvalue weighted by Crippen LogP contribution is 2.18. The van der Waals surface area contributed by atoms with Crippen LogP contribution in [0.25, 0.3) is 0 Å². The molecule has 1 aliphatic rings. The van der Waals surface area contributed by atoms with Crippen LogP contribution in [0.4, 0.5) is 5.82 Å². The quantitative estimate of drug-likeness (QED) is 0.659. The second-order valence-electron chi connectivity index (χ2n) is 3.22. The number of anilines is 1. The summed E-state index contributed by atoms with van der Waals surface area (Å²) in [6, 6.07) is 4.28. The fraction of sp³-hybridized carbons (Fsp3) is 0.500. The minimum Gasteiger partial charge on any atom is -0.356 e. The zero-order valence-electron chi connectivity index (χ0n) is 7.45. The maximum atomic E-state index is 4.34. The number of hydrogen-bond acceptors (Lipinski definition) is 2. The molecule has 0 N–H and O–H groups in total. The van der Waals surface area contributed by atoms with Gasteiger partial charge in [0, 0.05) is 19.3 Å². The lowest BCUT2D eigenvalue weighted by atomic mass is 10.1. The number of hydrogen-bond donors (Lipinski definition) is 0. The predicted octanol–water partition coefficient (Wildman–Crippen LogP) is 1.85. The molecule has 0 aromatic carbocycles. The zero-order chi connectivity index (χ0) is 8.39. The van der Waals surface area contributed by atoms with E-state index in [4.69, 9.17) is 0 Å². The summed E-state index contributed by atoms with van der Waals surface area (Å²) >= 11 is 0. The van der Waals surface area contributed by atoms with Gasteiger partial charge in [0.25, 0.3) is 0 Å². The average Bonchev–Trinajstić information content (AvgIpc) is 2.02. The summed E-state index contributed by atoms with van der Waals surface area (Å²) in [7, 11) is 0. The third-order valence-electron chi connectivity index (χ3n) is 2.40. The topological polar surface area (TPSA) is 16.1 Å². The lowest BCUT2D eigenvalue weighted by molar-refractivity contribution is 0.609. The van der Waals surface area contributed by atoms with Gasteiger partial charge in [-0.1, -0.05) is 6.92 Å². The van der Waals surface area contributed by atoms with Crippen molar-refractivity contribution in [3.63, 3.8) is 0 Å². The minimum atomic E-state index is 1.10. The van der Waals surface area contributed by atoms with Crippen molar-refractivity contribution in [3.05, 3.63) is 23.9 Å². The molecule has 0 atom stereocenters. The molecule has 1 fully saturated rings. The number of nitrogens with zero attached hydrogens (tertiary/aromatic N) is 2. The smallest absolute Gasteiger partial charge is 0.128 e. The molecule has 1 saturated heterocycles. The Hall–Kier alpha value is -1.05. The first-order chi connectivity index (χ1) is 5.90. The van der Waals surface area contributed by atoms with Crippen molar-refractivity contribution in [1.29, 1.82) is 0 Å². The van der Waals surface area contributed by atoms with Gasteiger partial charge in [-0.15, -0.1) is 0 Å². The predicted molar refractivity (Wildman–Crippen MR) is 50.4 cm³/mol. The molecule has 1 aliphatic heterocycles. The fourth-order valence-corrected chi connectivity index (χ4v) is 1.40. The van der Waals surface area contributed by atoms with Crippen molar-refractivity contribution in [3.8, 4) is 0 Å². The Morgan fingerprint density at radius 3 is 2.92 bits per heavy atom. The van der Waals surface area contributed by atoms with Crippen LogP contribution in [0.5, 0.6) is 0 Å². The van der Waals surface area contributed by atoms with E-state index in [1.807, 2.05) is 6.20 Å². The van der Waals surface area contributed by atoms with Gasteiger partial charge in [0.2, 0.25) is 0 Å². The fourth-order valence-electron chi connectivity index (χ4n) is 1.40. The van der Waals surface area contributed by atoms with E-state index < -0.39 is 0 Å². The van der Waals surface area contributed by atoms with Gasteiger partial charge in [0.1, 0.15) is 5.82 Å². The maximum Gasteiger partial charge on any atom is 0.128 e. The molecule has 1 aromatic rings. The van der Waals surface area contributed by atoms with Gasteiger partial charge in [0.15, 0.2) is 0 Å². The van der Waals surface area contributed by atoms with Gasteiger partial charge in [-0.05, 0) is 30.5 Å². The van der Waals surface area contributed by atoms with E-state index in [2.05, 4.69) is 28.9 Å². The van der Waals surface area contributed by atoms with Crippen molar-refractivity contribution in [2.24, 2.45) is 0 Å². The van der Waals surface area contributed by atoms with Crippen LogP contribution in [0.3, 0.4) is 0 Å². The Labute approximate surface area is 73.2 Å². The molecular weight excluding hydrogens is 148 g/mol. The molecule has 0 amide bonds. The summed E-state index contributed by atoms with van der Waals surface area (Å²) in [6.07, 6.45) is 4.33. The highest BCUT2D eigenvalue weighted by atomic mass is 15.2. The van der Waals surface area contributed by atoms with E-state index in [-0.39, 0.29) is 0 Å². The molecule has 64 valence electrons. The van der Waals surface area contributed by atoms with E-state index >= 15 is 0 Å². The van der Waals surface area contributed by atoms with Crippen molar-refractivity contribution < 1.29 is 0 Å². The van der Waals surface area contributed by atoms with Crippen molar-refractivity contribution >= 4 is 5.82 Å². The summed E-state index contributed by atoms with van der Waals surface area (Å²) in [4.78, 5) is 6.65. The first kappa shape index (κ1) is 7.59. The largest absolute Gasteiger partial charge is 0.356 e. The Kier molecular flexibility index (Phi) is 1.98. The molecule has 0 radical (unpaired) electrons. The Balaban J connectivity index is 2.19. The van der Waals surface area contributed by atoms with Crippen LogP contribution in [-0.2, 0) is 6.42 Å². The van der Waals surface area contributed by atoms with E-state index in [9.17, 15) is 0 Å². The van der Waals surface area contributed by atoms with E-state index in [1.165, 1.54) is 25.1 Å². The Bertz CT molecular complexity index is 266. The van der Waals surface area contributed by atoms with Gasteiger partial charge in [0.05, 0.1) is 0 Å². The summed E-state index contributed by atoms with van der Waals surface area (Å²) < 4.78 is 0. The maximum absolute atomic E-state index is 4.34. The van der Waals surface area contributed by atoms with Crippen LogP contribution in [0.2, 0.25) is 0 Å². The first-order valence-corrected chi connectivity index (χ1v) is 4.60. The molecular formula is C10H14N2. The summed E-state index contributed by atoms with van der Waals surface area (Å²) in [5.41, 5.74) is 1.38. The van der Waals surface area contributed by atoms with Gasteiger partial charge in [-0.2, -0.15) is 0 Å². The molecule has 12 heavy (non-hydrogen) atoms. The normalized spacial score (nSPS) is 15.9. The highest BCUT2D eigenvalue weighted by Gasteiger charge is 2.14. The number of pyridine rings is 1. The lowest BCUT2D eigenvalue weighted by Gasteiger charge is -2.32. The minimum absolute atomic E-state index is 1.10. The molecule has 2 heterocycles. The molecule has 2 heteroatoms. The second kappa shape index (κ2) is 3.13. The van der Waals surface area contributed by atoms with Gasteiger partial charge < -0.3 is 4.90 Å². The average molecular weight is 162 g/mol. The van der Waals surface area contributed by atoms with Gasteiger partial charge >= 0.3 is 0 Å². The molecule has 0 aliphatic carbocycles. The van der Waals surface area contributed by atoms with E-state index in [0.717, 1.165) is 12.2 Å². The Morgan fingerprint density at radius 1 is 1.50 bits per heavy atom. The molecule has 0 spiro atoms. The summed E-state index contributed by atoms with van der Waals surface area (Å²) in [5.74, 6) is 1.15. The monoisotopic (exact) mass is 162 g/mol. The van der Waals surface area contributed by atoms with Gasteiger partial charge in [-0.3, -0.25) is 0 Å². The first-order valence-electron chi connectivity index (χ1n) is 4.60. The number of aryl methyl sites for hydroxylation is 1. The molecule has 0 bridgehead atoms. The standard InChI is InChI=1S/C10H14N2/c1-2-9-4-5-11-10(8-9)12-6-3-7-12/h4-5,8H,2-3,6-7H2,1H3.